The molecule has 3 rings (SSSR count). The van der Waals surface area contributed by atoms with Crippen LogP contribution in [0.25, 0.3) is 11.3 Å². The minimum Gasteiger partial charge on any atom is -0.296 e. The van der Waals surface area contributed by atoms with Crippen molar-refractivity contribution in [3.8, 4) is 11.3 Å². The number of nitrogens with zero attached hydrogens (tertiary/aromatic N) is 3. The smallest absolute Gasteiger partial charge is 0.172 e. The van der Waals surface area contributed by atoms with Crippen LogP contribution in [0.15, 0.2) is 48.5 Å². The largest absolute Gasteiger partial charge is 0.296 e. The number of hydrogen-bond donors (Lipinski definition) is 0. The van der Waals surface area contributed by atoms with E-state index >= 15 is 0 Å². The van der Waals surface area contributed by atoms with Crippen LogP contribution >= 0.6 is 0 Å². The van der Waals surface area contributed by atoms with Gasteiger partial charge in [-0.05, 0) is 42.0 Å². The van der Waals surface area contributed by atoms with Gasteiger partial charge in [0.15, 0.2) is 12.0 Å². The van der Waals surface area contributed by atoms with Crippen LogP contribution in [0.3, 0.4) is 0 Å². The Morgan fingerprint density at radius 2 is 1.55 bits per heavy atom. The summed E-state index contributed by atoms with van der Waals surface area (Å²) in [5.41, 5.74) is 2.12. The topological polar surface area (TPSA) is 47.8 Å². The maximum Gasteiger partial charge on any atom is 0.172 e. The fourth-order valence-electron chi connectivity index (χ4n) is 2.18. The van der Waals surface area contributed by atoms with Gasteiger partial charge in [-0.2, -0.15) is 0 Å². The molecule has 6 heteroatoms. The minimum absolute atomic E-state index is 0.175. The highest BCUT2D eigenvalue weighted by atomic mass is 19.1. The SMILES string of the molecule is O=Cc1nnn(Cc2ccc(F)cc2)c1-c1ccc(F)cc1. The summed E-state index contributed by atoms with van der Waals surface area (Å²) in [6, 6.07) is 11.7. The van der Waals surface area contributed by atoms with Gasteiger partial charge < -0.3 is 0 Å². The average Bonchev–Trinajstić information content (AvgIpc) is 2.93. The minimum atomic E-state index is -0.367. The number of rotatable bonds is 4. The molecule has 0 spiro atoms. The van der Waals surface area contributed by atoms with Gasteiger partial charge in [0, 0.05) is 5.56 Å². The summed E-state index contributed by atoms with van der Waals surface area (Å²) in [5, 5.41) is 7.78. The molecule has 0 atom stereocenters. The average molecular weight is 299 g/mol. The Balaban J connectivity index is 2.01. The maximum atomic E-state index is 13.1. The normalized spacial score (nSPS) is 10.6. The van der Waals surface area contributed by atoms with Crippen molar-refractivity contribution in [1.82, 2.24) is 15.0 Å². The van der Waals surface area contributed by atoms with E-state index in [1.165, 1.54) is 28.9 Å². The first kappa shape index (κ1) is 14.1. The van der Waals surface area contributed by atoms with Crippen molar-refractivity contribution in [2.24, 2.45) is 0 Å². The zero-order chi connectivity index (χ0) is 15.5. The molecule has 0 saturated heterocycles. The van der Waals surface area contributed by atoms with E-state index in [2.05, 4.69) is 10.3 Å². The van der Waals surface area contributed by atoms with E-state index < -0.39 is 0 Å². The van der Waals surface area contributed by atoms with Gasteiger partial charge in [-0.1, -0.05) is 17.3 Å². The van der Waals surface area contributed by atoms with Crippen molar-refractivity contribution in [1.29, 1.82) is 0 Å². The van der Waals surface area contributed by atoms with E-state index in [4.69, 9.17) is 0 Å². The summed E-state index contributed by atoms with van der Waals surface area (Å²) in [6.45, 7) is 0.327. The van der Waals surface area contributed by atoms with Crippen molar-refractivity contribution >= 4 is 6.29 Å². The first-order valence-electron chi connectivity index (χ1n) is 6.56. The van der Waals surface area contributed by atoms with Gasteiger partial charge in [0.25, 0.3) is 0 Å². The molecule has 0 saturated carbocycles. The predicted molar refractivity (Wildman–Crippen MR) is 76.3 cm³/mol. The molecule has 0 aliphatic carbocycles. The molecule has 0 fully saturated rings. The van der Waals surface area contributed by atoms with Gasteiger partial charge in [-0.25, -0.2) is 13.5 Å². The summed E-state index contributed by atoms with van der Waals surface area (Å²) >= 11 is 0. The van der Waals surface area contributed by atoms with Crippen molar-refractivity contribution < 1.29 is 13.6 Å². The summed E-state index contributed by atoms with van der Waals surface area (Å²) in [4.78, 5) is 11.1. The second-order valence-corrected chi connectivity index (χ2v) is 4.73. The zero-order valence-electron chi connectivity index (χ0n) is 11.4. The number of aldehydes is 1. The second-order valence-electron chi connectivity index (χ2n) is 4.73. The number of halogens is 2. The second kappa shape index (κ2) is 5.85. The highest BCUT2D eigenvalue weighted by Crippen LogP contribution is 2.22. The van der Waals surface area contributed by atoms with Crippen molar-refractivity contribution in [3.63, 3.8) is 0 Å². The van der Waals surface area contributed by atoms with Crippen LogP contribution in [0.1, 0.15) is 16.1 Å². The fraction of sp³-hybridized carbons (Fsp3) is 0.0625. The lowest BCUT2D eigenvalue weighted by atomic mass is 10.1. The monoisotopic (exact) mass is 299 g/mol. The Hall–Kier alpha value is -2.89. The third kappa shape index (κ3) is 2.76. The molecule has 4 nitrogen and oxygen atoms in total. The molecule has 1 heterocycles. The third-order valence-corrected chi connectivity index (χ3v) is 3.24. The molecule has 3 aromatic rings. The first-order chi connectivity index (χ1) is 10.7. The number of benzene rings is 2. The summed E-state index contributed by atoms with van der Waals surface area (Å²) < 4.78 is 27.5. The third-order valence-electron chi connectivity index (χ3n) is 3.24. The van der Waals surface area contributed by atoms with Gasteiger partial charge in [0.1, 0.15) is 11.6 Å². The number of carbonyl (C=O) groups excluding carboxylic acids is 1. The summed E-state index contributed by atoms with van der Waals surface area (Å²) in [7, 11) is 0. The Morgan fingerprint density at radius 3 is 2.14 bits per heavy atom. The van der Waals surface area contributed by atoms with E-state index in [1.54, 1.807) is 24.3 Å². The van der Waals surface area contributed by atoms with E-state index in [0.717, 1.165) is 5.56 Å². The molecule has 1 aromatic heterocycles. The summed E-state index contributed by atoms with van der Waals surface area (Å²) in [5.74, 6) is -0.691. The van der Waals surface area contributed by atoms with Gasteiger partial charge in [-0.15, -0.1) is 5.10 Å². The van der Waals surface area contributed by atoms with Gasteiger partial charge >= 0.3 is 0 Å². The number of hydrogen-bond acceptors (Lipinski definition) is 3. The lowest BCUT2D eigenvalue weighted by Crippen LogP contribution is -2.04. The van der Waals surface area contributed by atoms with E-state index in [0.29, 0.717) is 24.1 Å². The highest BCUT2D eigenvalue weighted by molar-refractivity contribution is 5.83. The van der Waals surface area contributed by atoms with Crippen molar-refractivity contribution in [2.45, 2.75) is 6.54 Å². The molecule has 0 radical (unpaired) electrons. The molecule has 0 amide bonds. The van der Waals surface area contributed by atoms with E-state index in [1.807, 2.05) is 0 Å². The van der Waals surface area contributed by atoms with Gasteiger partial charge in [-0.3, -0.25) is 4.79 Å². The quantitative estimate of drug-likeness (QED) is 0.696. The molecular weight excluding hydrogens is 288 g/mol. The van der Waals surface area contributed by atoms with Crippen LogP contribution in [-0.2, 0) is 6.54 Å². The lowest BCUT2D eigenvalue weighted by Gasteiger charge is -2.07. The van der Waals surface area contributed by atoms with Crippen molar-refractivity contribution in [2.75, 3.05) is 0 Å². The van der Waals surface area contributed by atoms with Crippen LogP contribution in [-0.4, -0.2) is 21.3 Å². The molecule has 0 bridgehead atoms. The van der Waals surface area contributed by atoms with Crippen LogP contribution in [0.5, 0.6) is 0 Å². The van der Waals surface area contributed by atoms with E-state index in [-0.39, 0.29) is 17.3 Å². The number of aromatic nitrogens is 3. The summed E-state index contributed by atoms with van der Waals surface area (Å²) in [6.07, 6.45) is 0.604. The van der Waals surface area contributed by atoms with Crippen molar-refractivity contribution in [3.05, 3.63) is 71.4 Å². The Bertz CT molecular complexity index is 795. The van der Waals surface area contributed by atoms with Gasteiger partial charge in [0.05, 0.1) is 12.2 Å². The lowest BCUT2D eigenvalue weighted by molar-refractivity contribution is 0.111. The first-order valence-corrected chi connectivity index (χ1v) is 6.56. The Morgan fingerprint density at radius 1 is 0.955 bits per heavy atom. The molecule has 0 N–H and O–H groups in total. The number of carbonyl (C=O) groups is 1. The standard InChI is InChI=1S/C16H11F2N3O/c17-13-5-1-11(2-6-13)9-21-16(15(10-22)19-20-21)12-3-7-14(18)8-4-12/h1-8,10H,9H2. The molecular formula is C16H11F2N3O. The molecule has 110 valence electrons. The zero-order valence-corrected chi connectivity index (χ0v) is 11.4. The van der Waals surface area contributed by atoms with Crippen LogP contribution in [0.4, 0.5) is 8.78 Å². The molecule has 0 unspecified atom stereocenters. The highest BCUT2D eigenvalue weighted by Gasteiger charge is 2.15. The van der Waals surface area contributed by atoms with Crippen LogP contribution in [0.2, 0.25) is 0 Å². The maximum absolute atomic E-state index is 13.1. The molecule has 0 aliphatic heterocycles. The molecule has 0 aliphatic rings. The van der Waals surface area contributed by atoms with E-state index in [9.17, 15) is 13.6 Å². The van der Waals surface area contributed by atoms with Crippen LogP contribution < -0.4 is 0 Å². The molecule has 22 heavy (non-hydrogen) atoms. The molecule has 2 aromatic carbocycles. The van der Waals surface area contributed by atoms with Crippen LogP contribution in [0, 0.1) is 11.6 Å². The Labute approximate surface area is 125 Å². The van der Waals surface area contributed by atoms with Gasteiger partial charge in [0.2, 0.25) is 0 Å². The fourth-order valence-corrected chi connectivity index (χ4v) is 2.18. The Kier molecular flexibility index (Phi) is 3.74. The predicted octanol–water partition coefficient (Wildman–Crippen LogP) is 3.08.